The van der Waals surface area contributed by atoms with E-state index in [4.69, 9.17) is 5.11 Å². The summed E-state index contributed by atoms with van der Waals surface area (Å²) in [5, 5.41) is 13.8. The summed E-state index contributed by atoms with van der Waals surface area (Å²) in [5.74, 6) is -1.24. The lowest BCUT2D eigenvalue weighted by Gasteiger charge is -2.12. The number of hydrogen-bond acceptors (Lipinski definition) is 3. The molecule has 3 N–H and O–H groups in total. The average molecular weight is 258 g/mol. The Balaban J connectivity index is 3.69. The maximum absolute atomic E-state index is 11.4. The van der Waals surface area contributed by atoms with Gasteiger partial charge < -0.3 is 15.7 Å². The SMILES string of the molecule is CCCNC(=O)CCC(=O)NC(C)CCC(=O)O. The van der Waals surface area contributed by atoms with Gasteiger partial charge in [-0.15, -0.1) is 0 Å². The van der Waals surface area contributed by atoms with Crippen LogP contribution in [0.1, 0.15) is 46.0 Å². The molecule has 0 spiro atoms. The molecule has 0 saturated heterocycles. The highest BCUT2D eigenvalue weighted by atomic mass is 16.4. The summed E-state index contributed by atoms with van der Waals surface area (Å²) >= 11 is 0. The van der Waals surface area contributed by atoms with Crippen LogP contribution >= 0.6 is 0 Å². The molecule has 0 aliphatic heterocycles. The lowest BCUT2D eigenvalue weighted by Crippen LogP contribution is -2.34. The van der Waals surface area contributed by atoms with Crippen molar-refractivity contribution < 1.29 is 19.5 Å². The van der Waals surface area contributed by atoms with Gasteiger partial charge in [0.2, 0.25) is 11.8 Å². The average Bonchev–Trinajstić information content (AvgIpc) is 2.31. The van der Waals surface area contributed by atoms with Gasteiger partial charge in [0.15, 0.2) is 0 Å². The lowest BCUT2D eigenvalue weighted by molar-refractivity contribution is -0.137. The molecule has 0 rings (SSSR count). The van der Waals surface area contributed by atoms with Crippen molar-refractivity contribution in [3.8, 4) is 0 Å². The molecular formula is C12H22N2O4. The van der Waals surface area contributed by atoms with Gasteiger partial charge in [0.25, 0.3) is 0 Å². The number of carboxylic acid groups (broad SMARTS) is 1. The second-order valence-electron chi connectivity index (χ2n) is 4.25. The van der Waals surface area contributed by atoms with Crippen LogP contribution in [0.2, 0.25) is 0 Å². The fraction of sp³-hybridized carbons (Fsp3) is 0.750. The molecule has 0 heterocycles. The van der Waals surface area contributed by atoms with Crippen LogP contribution in [-0.4, -0.2) is 35.5 Å². The third-order valence-electron chi connectivity index (χ3n) is 2.35. The van der Waals surface area contributed by atoms with E-state index in [1.807, 2.05) is 6.92 Å². The Morgan fingerprint density at radius 1 is 1.11 bits per heavy atom. The van der Waals surface area contributed by atoms with Crippen LogP contribution < -0.4 is 10.6 Å². The van der Waals surface area contributed by atoms with Crippen molar-refractivity contribution in [3.63, 3.8) is 0 Å². The van der Waals surface area contributed by atoms with Gasteiger partial charge in [-0.05, 0) is 19.8 Å². The Bertz CT molecular complexity index is 292. The van der Waals surface area contributed by atoms with Gasteiger partial charge in [-0.2, -0.15) is 0 Å². The Hall–Kier alpha value is -1.59. The van der Waals surface area contributed by atoms with Gasteiger partial charge in [-0.3, -0.25) is 14.4 Å². The van der Waals surface area contributed by atoms with Gasteiger partial charge in [-0.25, -0.2) is 0 Å². The van der Waals surface area contributed by atoms with E-state index in [2.05, 4.69) is 10.6 Å². The minimum absolute atomic E-state index is 0.0262. The van der Waals surface area contributed by atoms with Crippen molar-refractivity contribution >= 4 is 17.8 Å². The van der Waals surface area contributed by atoms with E-state index in [1.165, 1.54) is 0 Å². The normalized spacial score (nSPS) is 11.7. The van der Waals surface area contributed by atoms with Crippen LogP contribution in [0.5, 0.6) is 0 Å². The maximum Gasteiger partial charge on any atom is 0.303 e. The third-order valence-corrected chi connectivity index (χ3v) is 2.35. The van der Waals surface area contributed by atoms with E-state index < -0.39 is 5.97 Å². The van der Waals surface area contributed by atoms with E-state index >= 15 is 0 Å². The molecule has 1 atom stereocenters. The molecule has 0 aromatic rings. The van der Waals surface area contributed by atoms with E-state index in [-0.39, 0.29) is 37.1 Å². The molecule has 0 aliphatic rings. The summed E-state index contributed by atoms with van der Waals surface area (Å²) in [6.45, 7) is 4.32. The summed E-state index contributed by atoms with van der Waals surface area (Å²) in [4.78, 5) is 33.0. The van der Waals surface area contributed by atoms with Crippen LogP contribution in [-0.2, 0) is 14.4 Å². The molecule has 104 valence electrons. The topological polar surface area (TPSA) is 95.5 Å². The summed E-state index contributed by atoms with van der Waals surface area (Å²) in [6, 6.07) is -0.188. The molecule has 0 fully saturated rings. The quantitative estimate of drug-likeness (QED) is 0.566. The number of rotatable bonds is 9. The predicted octanol–water partition coefficient (Wildman–Crippen LogP) is 0.662. The highest BCUT2D eigenvalue weighted by Gasteiger charge is 2.10. The molecule has 0 saturated carbocycles. The summed E-state index contributed by atoms with van der Waals surface area (Å²) in [7, 11) is 0. The predicted molar refractivity (Wildman–Crippen MR) is 67.0 cm³/mol. The minimum Gasteiger partial charge on any atom is -0.481 e. The van der Waals surface area contributed by atoms with E-state index in [0.717, 1.165) is 6.42 Å². The first kappa shape index (κ1) is 16.4. The molecule has 0 radical (unpaired) electrons. The van der Waals surface area contributed by atoms with E-state index in [0.29, 0.717) is 13.0 Å². The summed E-state index contributed by atoms with van der Waals surface area (Å²) in [6.07, 6.45) is 1.58. The summed E-state index contributed by atoms with van der Waals surface area (Å²) < 4.78 is 0. The van der Waals surface area contributed by atoms with Crippen molar-refractivity contribution in [2.24, 2.45) is 0 Å². The first-order chi connectivity index (χ1) is 8.45. The Kier molecular flexibility index (Phi) is 8.61. The van der Waals surface area contributed by atoms with E-state index in [9.17, 15) is 14.4 Å². The molecule has 0 aromatic heterocycles. The number of carbonyl (C=O) groups is 3. The first-order valence-electron chi connectivity index (χ1n) is 6.23. The van der Waals surface area contributed by atoms with Crippen LogP contribution in [0.25, 0.3) is 0 Å². The second-order valence-corrected chi connectivity index (χ2v) is 4.25. The highest BCUT2D eigenvalue weighted by molar-refractivity contribution is 5.83. The minimum atomic E-state index is -0.880. The van der Waals surface area contributed by atoms with Gasteiger partial charge in [0, 0.05) is 31.8 Å². The number of amides is 2. The first-order valence-corrected chi connectivity index (χ1v) is 6.23. The van der Waals surface area contributed by atoms with Crippen molar-refractivity contribution in [2.75, 3.05) is 6.54 Å². The molecule has 2 amide bonds. The van der Waals surface area contributed by atoms with Crippen LogP contribution in [0, 0.1) is 0 Å². The maximum atomic E-state index is 11.4. The number of nitrogens with one attached hydrogen (secondary N) is 2. The fourth-order valence-corrected chi connectivity index (χ4v) is 1.34. The smallest absolute Gasteiger partial charge is 0.303 e. The zero-order valence-electron chi connectivity index (χ0n) is 11.0. The van der Waals surface area contributed by atoms with Crippen molar-refractivity contribution in [3.05, 3.63) is 0 Å². The molecule has 0 bridgehead atoms. The molecule has 0 aliphatic carbocycles. The van der Waals surface area contributed by atoms with Crippen molar-refractivity contribution in [2.45, 2.75) is 52.0 Å². The zero-order chi connectivity index (χ0) is 14.0. The second kappa shape index (κ2) is 9.44. The van der Waals surface area contributed by atoms with Crippen molar-refractivity contribution in [1.29, 1.82) is 0 Å². The molecule has 6 nitrogen and oxygen atoms in total. The van der Waals surface area contributed by atoms with Crippen molar-refractivity contribution in [1.82, 2.24) is 10.6 Å². The van der Waals surface area contributed by atoms with E-state index in [1.54, 1.807) is 6.92 Å². The number of hydrogen-bond donors (Lipinski definition) is 3. The standard InChI is InChI=1S/C12H22N2O4/c1-3-8-13-10(15)5-6-11(16)14-9(2)4-7-12(17)18/h9H,3-8H2,1-2H3,(H,13,15)(H,14,16)(H,17,18). The van der Waals surface area contributed by atoms with Crippen LogP contribution in [0.3, 0.4) is 0 Å². The molecule has 0 aromatic carbocycles. The Morgan fingerprint density at radius 3 is 2.28 bits per heavy atom. The Labute approximate surface area is 107 Å². The zero-order valence-corrected chi connectivity index (χ0v) is 11.0. The number of carboxylic acids is 1. The molecular weight excluding hydrogens is 236 g/mol. The fourth-order valence-electron chi connectivity index (χ4n) is 1.34. The van der Waals surface area contributed by atoms with Gasteiger partial charge in [0.05, 0.1) is 0 Å². The van der Waals surface area contributed by atoms with Gasteiger partial charge in [-0.1, -0.05) is 6.92 Å². The lowest BCUT2D eigenvalue weighted by atomic mass is 10.1. The third kappa shape index (κ3) is 9.62. The van der Waals surface area contributed by atoms with Crippen LogP contribution in [0.15, 0.2) is 0 Å². The highest BCUT2D eigenvalue weighted by Crippen LogP contribution is 1.98. The summed E-state index contributed by atoms with van der Waals surface area (Å²) in [5.41, 5.74) is 0. The monoisotopic (exact) mass is 258 g/mol. The van der Waals surface area contributed by atoms with Crippen LogP contribution in [0.4, 0.5) is 0 Å². The molecule has 18 heavy (non-hydrogen) atoms. The van der Waals surface area contributed by atoms with Gasteiger partial charge in [0.1, 0.15) is 0 Å². The molecule has 6 heteroatoms. The van der Waals surface area contributed by atoms with Gasteiger partial charge >= 0.3 is 5.97 Å². The largest absolute Gasteiger partial charge is 0.481 e. The molecule has 1 unspecified atom stereocenters. The number of aliphatic carboxylic acids is 1. The number of carbonyl (C=O) groups excluding carboxylic acids is 2. The Morgan fingerprint density at radius 2 is 1.72 bits per heavy atom.